The Bertz CT molecular complexity index is 573. The van der Waals surface area contributed by atoms with Gasteiger partial charge in [-0.2, -0.15) is 0 Å². The minimum absolute atomic E-state index is 0.105. The van der Waals surface area contributed by atoms with Crippen LogP contribution >= 0.6 is 0 Å². The third-order valence-corrected chi connectivity index (χ3v) is 6.73. The summed E-state index contributed by atoms with van der Waals surface area (Å²) in [4.78, 5) is 0. The minimum atomic E-state index is -3.19. The molecule has 2 rings (SSSR count). The number of hydrogen-bond acceptors (Lipinski definition) is 3. The number of phenols is 1. The summed E-state index contributed by atoms with van der Waals surface area (Å²) < 4.78 is 24.4. The topological polar surface area (TPSA) is 54.4 Å². The minimum Gasteiger partial charge on any atom is -0.507 e. The number of sulfone groups is 1. The lowest BCUT2D eigenvalue weighted by Gasteiger charge is -2.20. The molecule has 0 aliphatic heterocycles. The first-order valence-electron chi connectivity index (χ1n) is 7.45. The largest absolute Gasteiger partial charge is 0.507 e. The first-order valence-corrected chi connectivity index (χ1v) is 9.17. The summed E-state index contributed by atoms with van der Waals surface area (Å²) in [5, 5.41) is 9.93. The van der Waals surface area contributed by atoms with E-state index in [9.17, 15) is 13.5 Å². The van der Waals surface area contributed by atoms with Gasteiger partial charge in [-0.25, -0.2) is 8.42 Å². The van der Waals surface area contributed by atoms with Crippen molar-refractivity contribution in [2.24, 2.45) is 5.92 Å². The summed E-state index contributed by atoms with van der Waals surface area (Å²) in [6, 6.07) is 5.55. The Balaban J connectivity index is 2.43. The van der Waals surface area contributed by atoms with E-state index in [-0.39, 0.29) is 11.5 Å². The summed E-state index contributed by atoms with van der Waals surface area (Å²) >= 11 is 0. The van der Waals surface area contributed by atoms with Crippen molar-refractivity contribution < 1.29 is 13.5 Å². The molecule has 1 N–H and O–H groups in total. The Morgan fingerprint density at radius 3 is 2.35 bits per heavy atom. The number of rotatable bonds is 6. The average Bonchev–Trinajstić information content (AvgIpc) is 3.25. The van der Waals surface area contributed by atoms with Gasteiger partial charge in [0.2, 0.25) is 0 Å². The molecule has 0 bridgehead atoms. The fourth-order valence-corrected chi connectivity index (χ4v) is 4.41. The van der Waals surface area contributed by atoms with E-state index in [1.165, 1.54) is 12.8 Å². The predicted octanol–water partition coefficient (Wildman–Crippen LogP) is 3.79. The van der Waals surface area contributed by atoms with Gasteiger partial charge in [0, 0.05) is 11.3 Å². The van der Waals surface area contributed by atoms with Crippen LogP contribution in [0, 0.1) is 5.92 Å². The summed E-state index contributed by atoms with van der Waals surface area (Å²) in [7, 11) is -3.19. The highest BCUT2D eigenvalue weighted by Crippen LogP contribution is 2.46. The van der Waals surface area contributed by atoms with Gasteiger partial charge < -0.3 is 5.11 Å². The van der Waals surface area contributed by atoms with Crippen LogP contribution in [0.2, 0.25) is 0 Å². The van der Waals surface area contributed by atoms with E-state index in [2.05, 4.69) is 6.92 Å². The lowest BCUT2D eigenvalue weighted by atomic mass is 9.92. The number of benzene rings is 1. The van der Waals surface area contributed by atoms with E-state index >= 15 is 0 Å². The van der Waals surface area contributed by atoms with Gasteiger partial charge in [-0.1, -0.05) is 39.0 Å². The third kappa shape index (κ3) is 2.85. The molecule has 1 fully saturated rings. The second-order valence-electron chi connectivity index (χ2n) is 5.76. The molecule has 4 heteroatoms. The molecule has 2 atom stereocenters. The van der Waals surface area contributed by atoms with Crippen molar-refractivity contribution in [3.05, 3.63) is 29.3 Å². The zero-order chi connectivity index (χ0) is 14.9. The lowest BCUT2D eigenvalue weighted by molar-refractivity contribution is 0.449. The molecule has 1 aromatic carbocycles. The van der Waals surface area contributed by atoms with Crippen LogP contribution < -0.4 is 0 Å². The summed E-state index contributed by atoms with van der Waals surface area (Å²) in [5.41, 5.74) is 1.47. The van der Waals surface area contributed by atoms with E-state index in [0.717, 1.165) is 5.56 Å². The molecule has 1 aliphatic rings. The Morgan fingerprint density at radius 2 is 1.85 bits per heavy atom. The van der Waals surface area contributed by atoms with Crippen molar-refractivity contribution in [2.75, 3.05) is 5.75 Å². The maximum atomic E-state index is 12.2. The Kier molecular flexibility index (Phi) is 4.43. The van der Waals surface area contributed by atoms with Crippen LogP contribution in [0.25, 0.3) is 0 Å². The lowest BCUT2D eigenvalue weighted by Crippen LogP contribution is -2.15. The van der Waals surface area contributed by atoms with Gasteiger partial charge in [0.05, 0.1) is 5.25 Å². The van der Waals surface area contributed by atoms with Crippen molar-refractivity contribution >= 4 is 9.84 Å². The van der Waals surface area contributed by atoms with E-state index in [0.29, 0.717) is 23.8 Å². The van der Waals surface area contributed by atoms with Gasteiger partial charge in [-0.05, 0) is 36.7 Å². The van der Waals surface area contributed by atoms with Gasteiger partial charge in [-0.3, -0.25) is 0 Å². The highest BCUT2D eigenvalue weighted by atomic mass is 32.2. The van der Waals surface area contributed by atoms with Crippen LogP contribution in [0.5, 0.6) is 5.75 Å². The molecule has 0 radical (unpaired) electrons. The molecule has 0 heterocycles. The molecule has 20 heavy (non-hydrogen) atoms. The summed E-state index contributed by atoms with van der Waals surface area (Å²) in [5.74, 6) is 1.24. The van der Waals surface area contributed by atoms with Crippen molar-refractivity contribution in [3.63, 3.8) is 0 Å². The highest BCUT2D eigenvalue weighted by Gasteiger charge is 2.33. The van der Waals surface area contributed by atoms with Crippen LogP contribution in [0.4, 0.5) is 0 Å². The van der Waals surface area contributed by atoms with E-state index in [4.69, 9.17) is 0 Å². The van der Waals surface area contributed by atoms with E-state index < -0.39 is 15.1 Å². The SMILES string of the molecule is CCC(c1cccc(C(C)C2CC2)c1O)S(=O)(=O)CC. The average molecular weight is 296 g/mol. The molecule has 0 aromatic heterocycles. The second kappa shape index (κ2) is 5.76. The summed E-state index contributed by atoms with van der Waals surface area (Å²) in [6.45, 7) is 5.63. The van der Waals surface area contributed by atoms with E-state index in [1.807, 2.05) is 19.1 Å². The van der Waals surface area contributed by atoms with Crippen LogP contribution in [0.3, 0.4) is 0 Å². The number of hydrogen-bond donors (Lipinski definition) is 1. The van der Waals surface area contributed by atoms with Crippen molar-refractivity contribution in [2.45, 2.75) is 51.2 Å². The van der Waals surface area contributed by atoms with Crippen LogP contribution in [0.1, 0.15) is 62.3 Å². The number of para-hydroxylation sites is 1. The molecule has 1 aromatic rings. The van der Waals surface area contributed by atoms with Gasteiger partial charge in [0.1, 0.15) is 5.75 Å². The first kappa shape index (κ1) is 15.4. The second-order valence-corrected chi connectivity index (χ2v) is 8.23. The molecule has 2 unspecified atom stereocenters. The molecular formula is C16H24O3S. The Morgan fingerprint density at radius 1 is 1.25 bits per heavy atom. The maximum absolute atomic E-state index is 12.2. The number of phenolic OH excluding ortho intramolecular Hbond substituents is 1. The standard InChI is InChI=1S/C16H24O3S/c1-4-15(20(18,19)5-2)14-8-6-7-13(16(14)17)11(3)12-9-10-12/h6-8,11-12,15,17H,4-5,9-10H2,1-3H3. The highest BCUT2D eigenvalue weighted by molar-refractivity contribution is 7.91. The molecule has 3 nitrogen and oxygen atoms in total. The molecule has 0 spiro atoms. The molecule has 0 amide bonds. The monoisotopic (exact) mass is 296 g/mol. The van der Waals surface area contributed by atoms with Crippen molar-refractivity contribution in [1.29, 1.82) is 0 Å². The van der Waals surface area contributed by atoms with E-state index in [1.54, 1.807) is 13.0 Å². The van der Waals surface area contributed by atoms with Crippen molar-refractivity contribution in [1.82, 2.24) is 0 Å². The fraction of sp³-hybridized carbons (Fsp3) is 0.625. The maximum Gasteiger partial charge on any atom is 0.157 e. The van der Waals surface area contributed by atoms with Crippen LogP contribution in [-0.2, 0) is 9.84 Å². The van der Waals surface area contributed by atoms with Crippen LogP contribution in [0.15, 0.2) is 18.2 Å². The molecule has 1 aliphatic carbocycles. The van der Waals surface area contributed by atoms with Crippen LogP contribution in [-0.4, -0.2) is 19.3 Å². The quantitative estimate of drug-likeness (QED) is 0.869. The smallest absolute Gasteiger partial charge is 0.157 e. The predicted molar refractivity (Wildman–Crippen MR) is 81.7 cm³/mol. The molecule has 0 saturated heterocycles. The molecular weight excluding hydrogens is 272 g/mol. The first-order chi connectivity index (χ1) is 9.42. The molecule has 112 valence electrons. The fourth-order valence-electron chi connectivity index (χ4n) is 2.93. The third-order valence-electron chi connectivity index (χ3n) is 4.47. The number of aromatic hydroxyl groups is 1. The zero-order valence-corrected chi connectivity index (χ0v) is 13.3. The molecule has 1 saturated carbocycles. The Hall–Kier alpha value is -1.03. The zero-order valence-electron chi connectivity index (χ0n) is 12.5. The van der Waals surface area contributed by atoms with Gasteiger partial charge in [0.15, 0.2) is 9.84 Å². The van der Waals surface area contributed by atoms with Gasteiger partial charge in [0.25, 0.3) is 0 Å². The normalized spacial score (nSPS) is 18.8. The summed E-state index contributed by atoms with van der Waals surface area (Å²) in [6.07, 6.45) is 2.90. The van der Waals surface area contributed by atoms with Crippen molar-refractivity contribution in [3.8, 4) is 5.75 Å². The Labute approximate surface area is 121 Å². The van der Waals surface area contributed by atoms with Gasteiger partial charge >= 0.3 is 0 Å². The van der Waals surface area contributed by atoms with Gasteiger partial charge in [-0.15, -0.1) is 0 Å².